The summed E-state index contributed by atoms with van der Waals surface area (Å²) in [6.45, 7) is 5.42. The third-order valence-electron chi connectivity index (χ3n) is 5.24. The van der Waals surface area contributed by atoms with Crippen LogP contribution in [-0.4, -0.2) is 59.1 Å². The van der Waals surface area contributed by atoms with Gasteiger partial charge >= 0.3 is 0 Å². The molecule has 0 atom stereocenters. The molecule has 2 aliphatic rings. The van der Waals surface area contributed by atoms with E-state index >= 15 is 0 Å². The number of likely N-dealkylation sites (tertiary alicyclic amines) is 1. The highest BCUT2D eigenvalue weighted by atomic mass is 16.2. The normalized spacial score (nSPS) is 17.2. The Morgan fingerprint density at radius 2 is 1.64 bits per heavy atom. The van der Waals surface area contributed by atoms with Crippen LogP contribution in [0, 0.1) is 5.92 Å². The first-order chi connectivity index (χ1) is 13.4. The molecule has 150 valence electrons. The average molecular weight is 385 g/mol. The van der Waals surface area contributed by atoms with Crippen molar-refractivity contribution < 1.29 is 19.2 Å². The Hall–Kier alpha value is -2.70. The van der Waals surface area contributed by atoms with E-state index < -0.39 is 0 Å². The maximum atomic E-state index is 12.3. The summed E-state index contributed by atoms with van der Waals surface area (Å²) in [5, 5.41) is 2.97. The van der Waals surface area contributed by atoms with Gasteiger partial charge in [-0.3, -0.25) is 24.1 Å². The number of carbonyl (C=O) groups is 4. The Bertz CT molecular complexity index is 747. The third kappa shape index (κ3) is 4.40. The third-order valence-corrected chi connectivity index (χ3v) is 5.24. The standard InChI is InChI=1S/C21H27N3O4/c1-14(2)13-19(26)23-10-7-15(8-11-23)22-18(25)9-12-24-20(27)16-5-3-4-6-17(16)21(24)28/h3-6,14-15H,7-13H2,1-2H3,(H,22,25). The number of benzene rings is 1. The minimum atomic E-state index is -0.342. The summed E-state index contributed by atoms with van der Waals surface area (Å²) < 4.78 is 0. The molecule has 3 rings (SSSR count). The number of nitrogens with zero attached hydrogens (tertiary/aromatic N) is 2. The summed E-state index contributed by atoms with van der Waals surface area (Å²) in [6.07, 6.45) is 2.08. The van der Waals surface area contributed by atoms with Gasteiger partial charge in [0.25, 0.3) is 11.8 Å². The fraction of sp³-hybridized carbons (Fsp3) is 0.524. The molecule has 1 fully saturated rings. The zero-order chi connectivity index (χ0) is 20.3. The lowest BCUT2D eigenvalue weighted by atomic mass is 10.0. The summed E-state index contributed by atoms with van der Waals surface area (Å²) in [7, 11) is 0. The number of piperidine rings is 1. The van der Waals surface area contributed by atoms with Crippen LogP contribution in [0.4, 0.5) is 0 Å². The minimum absolute atomic E-state index is 0.0257. The van der Waals surface area contributed by atoms with Crippen LogP contribution in [0.2, 0.25) is 0 Å². The Labute approximate surface area is 165 Å². The summed E-state index contributed by atoms with van der Waals surface area (Å²) in [4.78, 5) is 52.0. The van der Waals surface area contributed by atoms with Gasteiger partial charge in [0.1, 0.15) is 0 Å². The first kappa shape index (κ1) is 20.0. The van der Waals surface area contributed by atoms with E-state index in [9.17, 15) is 19.2 Å². The largest absolute Gasteiger partial charge is 0.353 e. The molecule has 0 spiro atoms. The zero-order valence-corrected chi connectivity index (χ0v) is 16.4. The molecule has 0 unspecified atom stereocenters. The summed E-state index contributed by atoms with van der Waals surface area (Å²) in [6, 6.07) is 6.73. The molecule has 0 saturated carbocycles. The van der Waals surface area contributed by atoms with Crippen molar-refractivity contribution in [1.82, 2.24) is 15.1 Å². The quantitative estimate of drug-likeness (QED) is 0.757. The molecule has 7 heteroatoms. The van der Waals surface area contributed by atoms with Gasteiger partial charge in [0.2, 0.25) is 11.8 Å². The van der Waals surface area contributed by atoms with Gasteiger partial charge in [0, 0.05) is 38.5 Å². The van der Waals surface area contributed by atoms with E-state index in [-0.39, 0.29) is 42.6 Å². The predicted octanol–water partition coefficient (Wildman–Crippen LogP) is 1.83. The number of rotatable bonds is 6. The highest BCUT2D eigenvalue weighted by molar-refractivity contribution is 6.21. The van der Waals surface area contributed by atoms with Gasteiger partial charge < -0.3 is 10.2 Å². The lowest BCUT2D eigenvalue weighted by molar-refractivity contribution is -0.133. The number of hydrogen-bond donors (Lipinski definition) is 1. The maximum absolute atomic E-state index is 12.3. The van der Waals surface area contributed by atoms with Crippen LogP contribution < -0.4 is 5.32 Å². The monoisotopic (exact) mass is 385 g/mol. The van der Waals surface area contributed by atoms with Crippen LogP contribution in [0.15, 0.2) is 24.3 Å². The van der Waals surface area contributed by atoms with E-state index in [2.05, 4.69) is 5.32 Å². The molecule has 4 amide bonds. The van der Waals surface area contributed by atoms with Crippen molar-refractivity contribution >= 4 is 23.6 Å². The van der Waals surface area contributed by atoms with Gasteiger partial charge in [-0.2, -0.15) is 0 Å². The van der Waals surface area contributed by atoms with Crippen LogP contribution in [0.25, 0.3) is 0 Å². The van der Waals surface area contributed by atoms with E-state index in [1.54, 1.807) is 24.3 Å². The lowest BCUT2D eigenvalue weighted by Crippen LogP contribution is -2.47. The smallest absolute Gasteiger partial charge is 0.261 e. The molecule has 7 nitrogen and oxygen atoms in total. The van der Waals surface area contributed by atoms with E-state index in [1.807, 2.05) is 18.7 Å². The molecule has 2 heterocycles. The molecule has 1 aromatic carbocycles. The van der Waals surface area contributed by atoms with Crippen molar-refractivity contribution in [3.05, 3.63) is 35.4 Å². The zero-order valence-electron chi connectivity index (χ0n) is 16.4. The van der Waals surface area contributed by atoms with Crippen LogP contribution in [0.3, 0.4) is 0 Å². The highest BCUT2D eigenvalue weighted by Crippen LogP contribution is 2.22. The summed E-state index contributed by atoms with van der Waals surface area (Å²) >= 11 is 0. The van der Waals surface area contributed by atoms with Crippen LogP contribution in [0.5, 0.6) is 0 Å². The second-order valence-electron chi connectivity index (χ2n) is 7.88. The van der Waals surface area contributed by atoms with Gasteiger partial charge in [-0.25, -0.2) is 0 Å². The number of carbonyl (C=O) groups excluding carboxylic acids is 4. The molecule has 1 N–H and O–H groups in total. The van der Waals surface area contributed by atoms with Gasteiger partial charge in [-0.15, -0.1) is 0 Å². The van der Waals surface area contributed by atoms with E-state index in [1.165, 1.54) is 0 Å². The minimum Gasteiger partial charge on any atom is -0.353 e. The molecule has 0 aromatic heterocycles. The highest BCUT2D eigenvalue weighted by Gasteiger charge is 2.35. The fourth-order valence-electron chi connectivity index (χ4n) is 3.71. The molecular weight excluding hydrogens is 358 g/mol. The molecule has 0 bridgehead atoms. The van der Waals surface area contributed by atoms with Gasteiger partial charge in [0.15, 0.2) is 0 Å². The maximum Gasteiger partial charge on any atom is 0.261 e. The van der Waals surface area contributed by atoms with Crippen LogP contribution in [-0.2, 0) is 9.59 Å². The Kier molecular flexibility index (Phi) is 6.11. The Morgan fingerprint density at radius 3 is 2.18 bits per heavy atom. The molecular formula is C21H27N3O4. The molecule has 1 aromatic rings. The fourth-order valence-corrected chi connectivity index (χ4v) is 3.71. The van der Waals surface area contributed by atoms with E-state index in [0.717, 1.165) is 17.7 Å². The number of nitrogens with one attached hydrogen (secondary N) is 1. The van der Waals surface area contributed by atoms with Crippen LogP contribution in [0.1, 0.15) is 60.2 Å². The first-order valence-corrected chi connectivity index (χ1v) is 9.89. The molecule has 0 aliphatic carbocycles. The van der Waals surface area contributed by atoms with Crippen molar-refractivity contribution in [1.29, 1.82) is 0 Å². The van der Waals surface area contributed by atoms with Crippen molar-refractivity contribution in [2.75, 3.05) is 19.6 Å². The lowest BCUT2D eigenvalue weighted by Gasteiger charge is -2.33. The number of fused-ring (bicyclic) bond motifs is 1. The average Bonchev–Trinajstić information content (AvgIpc) is 2.91. The van der Waals surface area contributed by atoms with Crippen molar-refractivity contribution in [2.45, 2.75) is 45.6 Å². The van der Waals surface area contributed by atoms with Gasteiger partial charge in [-0.1, -0.05) is 26.0 Å². The van der Waals surface area contributed by atoms with Crippen molar-refractivity contribution in [3.8, 4) is 0 Å². The van der Waals surface area contributed by atoms with E-state index in [4.69, 9.17) is 0 Å². The second-order valence-corrected chi connectivity index (χ2v) is 7.88. The van der Waals surface area contributed by atoms with E-state index in [0.29, 0.717) is 36.6 Å². The van der Waals surface area contributed by atoms with Crippen molar-refractivity contribution in [2.24, 2.45) is 5.92 Å². The topological polar surface area (TPSA) is 86.8 Å². The number of amides is 4. The Morgan fingerprint density at radius 1 is 1.07 bits per heavy atom. The molecule has 28 heavy (non-hydrogen) atoms. The summed E-state index contributed by atoms with van der Waals surface area (Å²) in [5.41, 5.74) is 0.790. The predicted molar refractivity (Wildman–Crippen MR) is 104 cm³/mol. The number of imide groups is 1. The number of hydrogen-bond acceptors (Lipinski definition) is 4. The van der Waals surface area contributed by atoms with Crippen LogP contribution >= 0.6 is 0 Å². The van der Waals surface area contributed by atoms with Gasteiger partial charge in [0.05, 0.1) is 11.1 Å². The second kappa shape index (κ2) is 8.54. The summed E-state index contributed by atoms with van der Waals surface area (Å²) in [5.74, 6) is -0.350. The molecule has 1 saturated heterocycles. The molecule has 2 aliphatic heterocycles. The van der Waals surface area contributed by atoms with Gasteiger partial charge in [-0.05, 0) is 30.9 Å². The Balaban J connectivity index is 1.43. The SMILES string of the molecule is CC(C)CC(=O)N1CCC(NC(=O)CCN2C(=O)c3ccccc3C2=O)CC1. The first-order valence-electron chi connectivity index (χ1n) is 9.89. The molecule has 0 radical (unpaired) electrons. The van der Waals surface area contributed by atoms with Crippen molar-refractivity contribution in [3.63, 3.8) is 0 Å².